The van der Waals surface area contributed by atoms with E-state index in [1.807, 2.05) is 19.9 Å². The number of esters is 1. The van der Waals surface area contributed by atoms with Crippen molar-refractivity contribution in [2.45, 2.75) is 39.8 Å². The van der Waals surface area contributed by atoms with E-state index in [0.29, 0.717) is 15.9 Å². The quantitative estimate of drug-likeness (QED) is 0.565. The second kappa shape index (κ2) is 9.29. The molecular formula is C21H19ClN4O4S. The number of halogens is 1. The number of carbonyl (C=O) groups is 2. The molecule has 1 amide bonds. The van der Waals surface area contributed by atoms with Crippen LogP contribution < -0.4 is 10.9 Å². The molecule has 0 bridgehead atoms. The maximum absolute atomic E-state index is 12.7. The molecule has 1 atom stereocenters. The summed E-state index contributed by atoms with van der Waals surface area (Å²) >= 11 is 7.40. The molecule has 8 nitrogen and oxygen atoms in total. The minimum atomic E-state index is -1.05. The summed E-state index contributed by atoms with van der Waals surface area (Å²) in [7, 11) is 0. The third kappa shape index (κ3) is 4.93. The lowest BCUT2D eigenvalue weighted by atomic mass is 10.2. The highest BCUT2D eigenvalue weighted by Crippen LogP contribution is 2.25. The summed E-state index contributed by atoms with van der Waals surface area (Å²) in [6, 6.07) is 6.38. The first-order chi connectivity index (χ1) is 14.7. The van der Waals surface area contributed by atoms with Gasteiger partial charge in [-0.2, -0.15) is 5.26 Å². The minimum absolute atomic E-state index is 0.0877. The van der Waals surface area contributed by atoms with Gasteiger partial charge in [0, 0.05) is 17.1 Å². The van der Waals surface area contributed by atoms with Crippen molar-refractivity contribution in [3.63, 3.8) is 0 Å². The number of nitrogens with zero attached hydrogens (tertiary/aromatic N) is 3. The van der Waals surface area contributed by atoms with Crippen molar-refractivity contribution >= 4 is 50.7 Å². The lowest BCUT2D eigenvalue weighted by Crippen LogP contribution is -2.30. The molecule has 1 N–H and O–H groups in total. The van der Waals surface area contributed by atoms with Crippen LogP contribution in [0.15, 0.2) is 29.3 Å². The highest BCUT2D eigenvalue weighted by Gasteiger charge is 2.19. The predicted octanol–water partition coefficient (Wildman–Crippen LogP) is 3.56. The van der Waals surface area contributed by atoms with Gasteiger partial charge in [-0.1, -0.05) is 11.6 Å². The summed E-state index contributed by atoms with van der Waals surface area (Å²) in [5.74, 6) is -1.16. The Kier molecular flexibility index (Phi) is 6.73. The van der Waals surface area contributed by atoms with E-state index in [2.05, 4.69) is 10.3 Å². The van der Waals surface area contributed by atoms with Crippen LogP contribution >= 0.6 is 22.9 Å². The molecule has 0 fully saturated rings. The normalized spacial score (nSPS) is 11.7. The van der Waals surface area contributed by atoms with E-state index in [1.54, 1.807) is 0 Å². The molecule has 1 unspecified atom stereocenters. The number of rotatable bonds is 6. The van der Waals surface area contributed by atoms with Gasteiger partial charge in [-0.3, -0.25) is 19.0 Å². The van der Waals surface area contributed by atoms with Crippen molar-refractivity contribution in [1.82, 2.24) is 9.55 Å². The summed E-state index contributed by atoms with van der Waals surface area (Å²) in [5.41, 5.74) is 1.35. The number of amides is 1. The van der Waals surface area contributed by atoms with Gasteiger partial charge in [0.1, 0.15) is 10.9 Å². The Labute approximate surface area is 187 Å². The molecule has 0 radical (unpaired) electrons. The number of aromatic nitrogens is 2. The van der Waals surface area contributed by atoms with Crippen molar-refractivity contribution < 1.29 is 14.3 Å². The van der Waals surface area contributed by atoms with Gasteiger partial charge in [0.2, 0.25) is 0 Å². The first-order valence-corrected chi connectivity index (χ1v) is 10.6. The molecule has 160 valence electrons. The molecule has 3 rings (SSSR count). The van der Waals surface area contributed by atoms with Crippen molar-refractivity contribution in [2.75, 3.05) is 5.32 Å². The Bertz CT molecular complexity index is 1270. The molecular weight excluding hydrogens is 440 g/mol. The molecule has 0 saturated carbocycles. The minimum Gasteiger partial charge on any atom is -0.452 e. The number of hydrogen-bond acceptors (Lipinski definition) is 7. The number of benzene rings is 1. The Morgan fingerprint density at radius 1 is 1.39 bits per heavy atom. The third-order valence-corrected chi connectivity index (χ3v) is 6.18. The van der Waals surface area contributed by atoms with E-state index in [4.69, 9.17) is 21.6 Å². The zero-order valence-corrected chi connectivity index (χ0v) is 18.6. The Morgan fingerprint density at radius 2 is 2.13 bits per heavy atom. The van der Waals surface area contributed by atoms with Crippen LogP contribution in [0.5, 0.6) is 0 Å². The molecule has 10 heteroatoms. The zero-order chi connectivity index (χ0) is 22.7. The van der Waals surface area contributed by atoms with Crippen LogP contribution in [-0.2, 0) is 20.9 Å². The smallest absolute Gasteiger partial charge is 0.308 e. The Hall–Kier alpha value is -3.22. The largest absolute Gasteiger partial charge is 0.452 e. The summed E-state index contributed by atoms with van der Waals surface area (Å²) in [4.78, 5) is 43.1. The van der Waals surface area contributed by atoms with Crippen LogP contribution in [-0.4, -0.2) is 27.5 Å². The summed E-state index contributed by atoms with van der Waals surface area (Å²) < 4.78 is 6.53. The van der Waals surface area contributed by atoms with Gasteiger partial charge in [0.05, 0.1) is 28.7 Å². The number of aryl methyl sites for hydroxylation is 3. The van der Waals surface area contributed by atoms with E-state index in [1.165, 1.54) is 47.4 Å². The topological polar surface area (TPSA) is 114 Å². The number of thiophene rings is 1. The molecule has 2 aromatic heterocycles. The van der Waals surface area contributed by atoms with Gasteiger partial charge in [-0.25, -0.2) is 4.98 Å². The van der Waals surface area contributed by atoms with Gasteiger partial charge in [0.25, 0.3) is 11.5 Å². The van der Waals surface area contributed by atoms with E-state index < -0.39 is 18.0 Å². The van der Waals surface area contributed by atoms with Crippen molar-refractivity contribution in [3.05, 3.63) is 55.9 Å². The van der Waals surface area contributed by atoms with Crippen molar-refractivity contribution in [2.24, 2.45) is 0 Å². The number of carbonyl (C=O) groups excluding carboxylic acids is 2. The molecule has 0 aliphatic carbocycles. The second-order valence-electron chi connectivity index (χ2n) is 6.88. The molecule has 0 saturated heterocycles. The van der Waals surface area contributed by atoms with Gasteiger partial charge in [0.15, 0.2) is 6.10 Å². The van der Waals surface area contributed by atoms with Crippen molar-refractivity contribution in [3.8, 4) is 6.07 Å². The van der Waals surface area contributed by atoms with Gasteiger partial charge in [-0.05, 0) is 44.5 Å². The lowest BCUT2D eigenvalue weighted by Gasteiger charge is -2.14. The molecule has 0 aliphatic heterocycles. The zero-order valence-electron chi connectivity index (χ0n) is 17.1. The summed E-state index contributed by atoms with van der Waals surface area (Å²) in [6.45, 7) is 5.34. The Balaban J connectivity index is 1.58. The number of fused-ring (bicyclic) bond motifs is 1. The van der Waals surface area contributed by atoms with E-state index in [9.17, 15) is 14.4 Å². The SMILES string of the molecule is Cc1sc2ncn(CCC(=O)OC(C)C(=O)Nc3ccc(C#N)c(Cl)c3)c(=O)c2c1C. The fourth-order valence-corrected chi connectivity index (χ4v) is 4.09. The van der Waals surface area contributed by atoms with Crippen LogP contribution in [0.1, 0.15) is 29.3 Å². The van der Waals surface area contributed by atoms with Crippen molar-refractivity contribution in [1.29, 1.82) is 5.26 Å². The molecule has 1 aromatic carbocycles. The molecule has 0 aliphatic rings. The average molecular weight is 459 g/mol. The molecule has 0 spiro atoms. The van der Waals surface area contributed by atoms with Crippen LogP contribution in [0.2, 0.25) is 5.02 Å². The number of ether oxygens (including phenoxy) is 1. The lowest BCUT2D eigenvalue weighted by molar-refractivity contribution is -0.153. The average Bonchev–Trinajstić information content (AvgIpc) is 3.02. The van der Waals surface area contributed by atoms with Gasteiger partial charge >= 0.3 is 5.97 Å². The van der Waals surface area contributed by atoms with Crippen LogP contribution in [0, 0.1) is 25.2 Å². The predicted molar refractivity (Wildman–Crippen MR) is 118 cm³/mol. The van der Waals surface area contributed by atoms with Crippen LogP contribution in [0.25, 0.3) is 10.2 Å². The highest BCUT2D eigenvalue weighted by molar-refractivity contribution is 7.18. The molecule has 31 heavy (non-hydrogen) atoms. The fourth-order valence-electron chi connectivity index (χ4n) is 2.88. The number of nitriles is 1. The van der Waals surface area contributed by atoms with E-state index in [0.717, 1.165) is 10.4 Å². The Morgan fingerprint density at radius 3 is 2.81 bits per heavy atom. The third-order valence-electron chi connectivity index (χ3n) is 4.75. The first-order valence-electron chi connectivity index (χ1n) is 9.36. The van der Waals surface area contributed by atoms with Crippen LogP contribution in [0.3, 0.4) is 0 Å². The second-order valence-corrected chi connectivity index (χ2v) is 8.49. The van der Waals surface area contributed by atoms with E-state index in [-0.39, 0.29) is 29.1 Å². The van der Waals surface area contributed by atoms with Gasteiger partial charge in [-0.15, -0.1) is 11.3 Å². The molecule has 2 heterocycles. The number of anilines is 1. The maximum atomic E-state index is 12.7. The van der Waals surface area contributed by atoms with Gasteiger partial charge < -0.3 is 10.1 Å². The highest BCUT2D eigenvalue weighted by atomic mass is 35.5. The maximum Gasteiger partial charge on any atom is 0.308 e. The van der Waals surface area contributed by atoms with Crippen LogP contribution in [0.4, 0.5) is 5.69 Å². The summed E-state index contributed by atoms with van der Waals surface area (Å²) in [5, 5.41) is 12.2. The molecule has 3 aromatic rings. The number of hydrogen-bond donors (Lipinski definition) is 1. The first kappa shape index (κ1) is 22.5. The standard InChI is InChI=1S/C21H19ClN4O4S/c1-11-13(3)31-20-18(11)21(29)26(10-24-20)7-6-17(27)30-12(2)19(28)25-15-5-4-14(9-23)16(22)8-15/h4-5,8,10,12H,6-7H2,1-3H3,(H,25,28). The number of nitrogens with one attached hydrogen (secondary N) is 1. The van der Waals surface area contributed by atoms with E-state index >= 15 is 0 Å². The summed E-state index contributed by atoms with van der Waals surface area (Å²) in [6.07, 6.45) is 0.272. The fraction of sp³-hybridized carbons (Fsp3) is 0.286. The monoisotopic (exact) mass is 458 g/mol.